The molecule has 0 fully saturated rings. The fourth-order valence-electron chi connectivity index (χ4n) is 1.28. The Morgan fingerprint density at radius 3 is 2.50 bits per heavy atom. The number of alkyl halides is 3. The summed E-state index contributed by atoms with van der Waals surface area (Å²) >= 11 is 2.90. The topological polar surface area (TPSA) is 38.0 Å². The zero-order valence-corrected chi connectivity index (χ0v) is 9.57. The minimum absolute atomic E-state index is 0.104. The molecule has 1 atom stereocenters. The number of benzene rings is 1. The van der Waals surface area contributed by atoms with Crippen LogP contribution in [0.25, 0.3) is 0 Å². The maximum Gasteiger partial charge on any atom is 0.390 e. The van der Waals surface area contributed by atoms with E-state index in [0.717, 1.165) is 0 Å². The summed E-state index contributed by atoms with van der Waals surface area (Å²) in [6.45, 7) is 0. The van der Waals surface area contributed by atoms with Crippen LogP contribution in [0, 0.1) is 5.82 Å². The summed E-state index contributed by atoms with van der Waals surface area (Å²) in [6, 6.07) is 2.82. The van der Waals surface area contributed by atoms with Crippen LogP contribution in [-0.2, 0) is 0 Å². The third-order valence-corrected chi connectivity index (χ3v) is 2.61. The van der Waals surface area contributed by atoms with E-state index in [1.807, 2.05) is 5.43 Å². The molecule has 0 saturated heterocycles. The highest BCUT2D eigenvalue weighted by atomic mass is 79.9. The van der Waals surface area contributed by atoms with E-state index in [4.69, 9.17) is 5.84 Å². The molecule has 16 heavy (non-hydrogen) atoms. The molecule has 0 spiro atoms. The van der Waals surface area contributed by atoms with Crippen LogP contribution in [0.4, 0.5) is 17.6 Å². The summed E-state index contributed by atoms with van der Waals surface area (Å²) in [5.74, 6) is 4.26. The van der Waals surface area contributed by atoms with Gasteiger partial charge in [0.25, 0.3) is 0 Å². The molecule has 0 aromatic heterocycles. The number of nitrogens with two attached hydrogens (primary N) is 1. The average Bonchev–Trinajstić information content (AvgIpc) is 2.18. The van der Waals surface area contributed by atoms with Crippen molar-refractivity contribution in [3.05, 3.63) is 34.1 Å². The molecule has 0 aliphatic carbocycles. The zero-order valence-electron chi connectivity index (χ0n) is 7.98. The van der Waals surface area contributed by atoms with Crippen LogP contribution in [0.1, 0.15) is 18.0 Å². The van der Waals surface area contributed by atoms with Crippen molar-refractivity contribution in [1.29, 1.82) is 0 Å². The lowest BCUT2D eigenvalue weighted by Crippen LogP contribution is -2.32. The van der Waals surface area contributed by atoms with Crippen molar-refractivity contribution in [2.45, 2.75) is 18.6 Å². The molecule has 3 N–H and O–H groups in total. The Morgan fingerprint density at radius 1 is 1.38 bits per heavy atom. The van der Waals surface area contributed by atoms with E-state index in [-0.39, 0.29) is 10.0 Å². The van der Waals surface area contributed by atoms with Gasteiger partial charge in [-0.25, -0.2) is 4.39 Å². The van der Waals surface area contributed by atoms with Crippen LogP contribution in [0.5, 0.6) is 0 Å². The molecule has 0 radical (unpaired) electrons. The first-order valence-electron chi connectivity index (χ1n) is 4.32. The summed E-state index contributed by atoms with van der Waals surface area (Å²) in [5.41, 5.74) is 1.85. The molecule has 0 amide bonds. The highest BCUT2D eigenvalue weighted by Crippen LogP contribution is 2.31. The van der Waals surface area contributed by atoms with Crippen molar-refractivity contribution in [1.82, 2.24) is 5.43 Å². The van der Waals surface area contributed by atoms with Crippen molar-refractivity contribution in [3.63, 3.8) is 0 Å². The Morgan fingerprint density at radius 2 is 2.00 bits per heavy atom. The molecule has 0 bridgehead atoms. The highest BCUT2D eigenvalue weighted by molar-refractivity contribution is 9.10. The molecule has 0 heterocycles. The van der Waals surface area contributed by atoms with E-state index in [1.54, 1.807) is 0 Å². The fraction of sp³-hybridized carbons (Fsp3) is 0.333. The minimum Gasteiger partial charge on any atom is -0.271 e. The molecular formula is C9H9BrF4N2. The minimum atomic E-state index is -4.41. The first kappa shape index (κ1) is 13.4. The Hall–Kier alpha value is -0.660. The van der Waals surface area contributed by atoms with E-state index >= 15 is 0 Å². The lowest BCUT2D eigenvalue weighted by molar-refractivity contribution is -0.140. The van der Waals surface area contributed by atoms with Gasteiger partial charge in [0.15, 0.2) is 0 Å². The van der Waals surface area contributed by atoms with Crippen molar-refractivity contribution in [2.24, 2.45) is 5.84 Å². The number of halogens is 5. The Kier molecular flexibility index (Phi) is 4.28. The van der Waals surface area contributed by atoms with Gasteiger partial charge < -0.3 is 0 Å². The zero-order chi connectivity index (χ0) is 12.3. The van der Waals surface area contributed by atoms with Crippen molar-refractivity contribution >= 4 is 15.9 Å². The number of rotatable bonds is 3. The van der Waals surface area contributed by atoms with Gasteiger partial charge in [0.2, 0.25) is 0 Å². The number of hydrogen-bond donors (Lipinski definition) is 2. The van der Waals surface area contributed by atoms with Gasteiger partial charge in [0, 0.05) is 5.56 Å². The molecular weight excluding hydrogens is 292 g/mol. The Bertz CT molecular complexity index is 367. The maximum atomic E-state index is 13.5. The fourth-order valence-corrected chi connectivity index (χ4v) is 1.66. The van der Waals surface area contributed by atoms with E-state index in [9.17, 15) is 17.6 Å². The Labute approximate surface area is 97.9 Å². The Balaban J connectivity index is 3.00. The summed E-state index contributed by atoms with van der Waals surface area (Å²) in [7, 11) is 0. The van der Waals surface area contributed by atoms with Gasteiger partial charge in [-0.15, -0.1) is 0 Å². The van der Waals surface area contributed by atoms with Gasteiger partial charge in [-0.3, -0.25) is 11.3 Å². The maximum absolute atomic E-state index is 13.5. The van der Waals surface area contributed by atoms with Crippen molar-refractivity contribution in [2.75, 3.05) is 0 Å². The van der Waals surface area contributed by atoms with Crippen LogP contribution >= 0.6 is 15.9 Å². The molecule has 1 aromatic carbocycles. The largest absolute Gasteiger partial charge is 0.390 e. The van der Waals surface area contributed by atoms with Gasteiger partial charge >= 0.3 is 6.18 Å². The third-order valence-electron chi connectivity index (χ3n) is 1.99. The molecule has 7 heteroatoms. The second kappa shape index (κ2) is 5.11. The molecule has 1 unspecified atom stereocenters. The van der Waals surface area contributed by atoms with Crippen LogP contribution < -0.4 is 11.3 Å². The lowest BCUT2D eigenvalue weighted by Gasteiger charge is -2.19. The summed E-state index contributed by atoms with van der Waals surface area (Å²) < 4.78 is 50.2. The monoisotopic (exact) mass is 300 g/mol. The summed E-state index contributed by atoms with van der Waals surface area (Å²) in [5, 5.41) is 0. The first-order valence-corrected chi connectivity index (χ1v) is 5.11. The van der Waals surface area contributed by atoms with Gasteiger partial charge in [-0.05, 0) is 22.0 Å². The van der Waals surface area contributed by atoms with Gasteiger partial charge in [0.1, 0.15) is 5.82 Å². The van der Waals surface area contributed by atoms with Crippen molar-refractivity contribution < 1.29 is 17.6 Å². The molecule has 1 rings (SSSR count). The molecule has 90 valence electrons. The van der Waals surface area contributed by atoms with Gasteiger partial charge in [-0.1, -0.05) is 12.1 Å². The molecule has 0 aliphatic rings. The highest BCUT2D eigenvalue weighted by Gasteiger charge is 2.33. The van der Waals surface area contributed by atoms with Crippen LogP contribution in [0.15, 0.2) is 22.7 Å². The molecule has 1 aromatic rings. The van der Waals surface area contributed by atoms with Gasteiger partial charge in [0.05, 0.1) is 16.9 Å². The SMILES string of the molecule is NNC(CC(F)(F)F)c1cccc(Br)c1F. The molecule has 0 saturated carbocycles. The predicted molar refractivity (Wildman–Crippen MR) is 54.8 cm³/mol. The van der Waals surface area contributed by atoms with Crippen LogP contribution in [0.2, 0.25) is 0 Å². The second-order valence-corrected chi connectivity index (χ2v) is 4.04. The van der Waals surface area contributed by atoms with Crippen LogP contribution in [-0.4, -0.2) is 6.18 Å². The number of nitrogens with one attached hydrogen (secondary N) is 1. The van der Waals surface area contributed by atoms with Crippen LogP contribution in [0.3, 0.4) is 0 Å². The average molecular weight is 301 g/mol. The summed E-state index contributed by atoms with van der Waals surface area (Å²) in [4.78, 5) is 0. The van der Waals surface area contributed by atoms with E-state index < -0.39 is 24.5 Å². The molecule has 2 nitrogen and oxygen atoms in total. The first-order chi connectivity index (χ1) is 7.35. The van der Waals surface area contributed by atoms with Gasteiger partial charge in [-0.2, -0.15) is 13.2 Å². The summed E-state index contributed by atoms with van der Waals surface area (Å²) in [6.07, 6.45) is -5.64. The van der Waals surface area contributed by atoms with E-state index in [1.165, 1.54) is 18.2 Å². The number of hydrogen-bond acceptors (Lipinski definition) is 2. The third kappa shape index (κ3) is 3.43. The number of hydrazine groups is 1. The molecule has 0 aliphatic heterocycles. The quantitative estimate of drug-likeness (QED) is 0.511. The van der Waals surface area contributed by atoms with Crippen molar-refractivity contribution in [3.8, 4) is 0 Å². The predicted octanol–water partition coefficient (Wildman–Crippen LogP) is 3.05. The lowest BCUT2D eigenvalue weighted by atomic mass is 10.0. The smallest absolute Gasteiger partial charge is 0.271 e. The standard InChI is InChI=1S/C9H9BrF4N2/c10-6-3-1-2-5(8(6)11)7(16-15)4-9(12,13)14/h1-3,7,16H,4,15H2. The normalized spacial score (nSPS) is 13.9. The van der Waals surface area contributed by atoms with E-state index in [0.29, 0.717) is 0 Å². The van der Waals surface area contributed by atoms with E-state index in [2.05, 4.69) is 15.9 Å². The second-order valence-electron chi connectivity index (χ2n) is 3.18.